The summed E-state index contributed by atoms with van der Waals surface area (Å²) in [6.45, 7) is 1.87. The van der Waals surface area contributed by atoms with Crippen molar-refractivity contribution in [2.75, 3.05) is 36.4 Å². The van der Waals surface area contributed by atoms with Crippen molar-refractivity contribution in [1.29, 1.82) is 0 Å². The fraction of sp³-hybridized carbons (Fsp3) is 0.190. The number of benzene rings is 2. The van der Waals surface area contributed by atoms with Crippen LogP contribution >= 0.6 is 11.6 Å². The van der Waals surface area contributed by atoms with Gasteiger partial charge in [-0.2, -0.15) is 4.68 Å². The molecular weight excluding hydrogens is 428 g/mol. The third-order valence-electron chi connectivity index (χ3n) is 4.92. The smallest absolute Gasteiger partial charge is 0.321 e. The predicted octanol–water partition coefficient (Wildman–Crippen LogP) is 3.52. The molecule has 0 atom stereocenters. The number of anilines is 2. The third kappa shape index (κ3) is 4.66. The van der Waals surface area contributed by atoms with Gasteiger partial charge in [0.2, 0.25) is 0 Å². The van der Waals surface area contributed by atoms with E-state index in [2.05, 4.69) is 10.4 Å². The summed E-state index contributed by atoms with van der Waals surface area (Å²) in [5.74, 6) is -0.373. The highest BCUT2D eigenvalue weighted by molar-refractivity contribution is 6.31. The summed E-state index contributed by atoms with van der Waals surface area (Å²) in [6, 6.07) is 12.2. The number of rotatable bonds is 3. The van der Waals surface area contributed by atoms with E-state index in [9.17, 15) is 18.4 Å². The molecular formula is C21H18ClF2N5O2. The Bertz CT molecular complexity index is 1160. The molecule has 160 valence electrons. The van der Waals surface area contributed by atoms with Gasteiger partial charge in [0.15, 0.2) is 0 Å². The molecule has 1 N–H and O–H groups in total. The van der Waals surface area contributed by atoms with Crippen LogP contribution in [0.5, 0.6) is 0 Å². The molecule has 0 spiro atoms. The fourth-order valence-corrected chi connectivity index (χ4v) is 3.43. The molecule has 1 fully saturated rings. The summed E-state index contributed by atoms with van der Waals surface area (Å²) in [7, 11) is 0. The number of aromatic nitrogens is 2. The Hall–Kier alpha value is -3.46. The monoisotopic (exact) mass is 445 g/mol. The summed E-state index contributed by atoms with van der Waals surface area (Å²) in [5.41, 5.74) is 0.544. The van der Waals surface area contributed by atoms with Crippen molar-refractivity contribution < 1.29 is 13.6 Å². The molecule has 2 heterocycles. The molecule has 3 aromatic rings. The number of nitrogens with zero attached hydrogens (tertiary/aromatic N) is 4. The van der Waals surface area contributed by atoms with Crippen molar-refractivity contribution in [3.05, 3.63) is 81.6 Å². The van der Waals surface area contributed by atoms with Gasteiger partial charge in [-0.25, -0.2) is 13.6 Å². The summed E-state index contributed by atoms with van der Waals surface area (Å²) in [5, 5.41) is 7.03. The minimum absolute atomic E-state index is 0.0648. The molecule has 10 heteroatoms. The zero-order chi connectivity index (χ0) is 22.0. The van der Waals surface area contributed by atoms with Crippen LogP contribution in [-0.2, 0) is 0 Å². The topological polar surface area (TPSA) is 70.5 Å². The molecule has 2 aromatic carbocycles. The molecule has 1 aliphatic rings. The van der Waals surface area contributed by atoms with E-state index in [1.807, 2.05) is 4.90 Å². The van der Waals surface area contributed by atoms with Gasteiger partial charge in [0.05, 0.1) is 10.7 Å². The van der Waals surface area contributed by atoms with Crippen LogP contribution < -0.4 is 15.8 Å². The Labute approximate surface area is 181 Å². The Morgan fingerprint density at radius 1 is 0.968 bits per heavy atom. The standard InChI is InChI=1S/C21H18ClF2N5O2/c22-17-13-15(3-6-18(17)24)25-21(31)28-11-9-27(10-12-28)19-7-8-20(30)29(26-19)16-4-1-14(23)2-5-16/h1-8,13H,9-12H2,(H,25,31). The molecule has 0 aliphatic carbocycles. The lowest BCUT2D eigenvalue weighted by Gasteiger charge is -2.35. The van der Waals surface area contributed by atoms with Crippen molar-refractivity contribution >= 4 is 29.1 Å². The molecule has 31 heavy (non-hydrogen) atoms. The van der Waals surface area contributed by atoms with Crippen molar-refractivity contribution in [1.82, 2.24) is 14.7 Å². The maximum Gasteiger partial charge on any atom is 0.321 e. The van der Waals surface area contributed by atoms with Gasteiger partial charge in [-0.3, -0.25) is 4.79 Å². The SMILES string of the molecule is O=C(Nc1ccc(F)c(Cl)c1)N1CCN(c2ccc(=O)n(-c3ccc(F)cc3)n2)CC1. The highest BCUT2D eigenvalue weighted by Crippen LogP contribution is 2.20. The first-order valence-electron chi connectivity index (χ1n) is 9.53. The number of carbonyl (C=O) groups excluding carboxylic acids is 1. The number of hydrogen-bond donors (Lipinski definition) is 1. The van der Waals surface area contributed by atoms with Crippen LogP contribution in [0.3, 0.4) is 0 Å². The Balaban J connectivity index is 1.42. The average Bonchev–Trinajstić information content (AvgIpc) is 2.77. The van der Waals surface area contributed by atoms with Gasteiger partial charge in [-0.05, 0) is 48.5 Å². The molecule has 0 saturated carbocycles. The second kappa shape index (κ2) is 8.73. The quantitative estimate of drug-likeness (QED) is 0.669. The van der Waals surface area contributed by atoms with E-state index in [4.69, 9.17) is 11.6 Å². The van der Waals surface area contributed by atoms with E-state index in [-0.39, 0.29) is 16.6 Å². The lowest BCUT2D eigenvalue weighted by molar-refractivity contribution is 0.208. The third-order valence-corrected chi connectivity index (χ3v) is 5.21. The number of hydrogen-bond acceptors (Lipinski definition) is 4. The molecule has 0 unspecified atom stereocenters. The van der Waals surface area contributed by atoms with Crippen LogP contribution in [0.25, 0.3) is 5.69 Å². The molecule has 7 nitrogen and oxygen atoms in total. The molecule has 4 rings (SSSR count). The highest BCUT2D eigenvalue weighted by Gasteiger charge is 2.22. The van der Waals surface area contributed by atoms with E-state index in [1.54, 1.807) is 11.0 Å². The zero-order valence-electron chi connectivity index (χ0n) is 16.3. The predicted molar refractivity (Wildman–Crippen MR) is 114 cm³/mol. The fourth-order valence-electron chi connectivity index (χ4n) is 3.25. The summed E-state index contributed by atoms with van der Waals surface area (Å²) in [4.78, 5) is 28.3. The Morgan fingerprint density at radius 2 is 1.68 bits per heavy atom. The van der Waals surface area contributed by atoms with Crippen molar-refractivity contribution in [3.8, 4) is 5.69 Å². The minimum atomic E-state index is -0.553. The van der Waals surface area contributed by atoms with Crippen LogP contribution in [-0.4, -0.2) is 46.9 Å². The number of carbonyl (C=O) groups is 1. The molecule has 2 amide bonds. The molecule has 1 saturated heterocycles. The summed E-state index contributed by atoms with van der Waals surface area (Å²) in [6.07, 6.45) is 0. The summed E-state index contributed by atoms with van der Waals surface area (Å²) < 4.78 is 27.7. The lowest BCUT2D eigenvalue weighted by Crippen LogP contribution is -2.50. The second-order valence-electron chi connectivity index (χ2n) is 6.95. The van der Waals surface area contributed by atoms with E-state index in [1.165, 1.54) is 53.2 Å². The first-order valence-corrected chi connectivity index (χ1v) is 9.91. The van der Waals surface area contributed by atoms with Crippen LogP contribution in [0.4, 0.5) is 25.1 Å². The normalized spacial score (nSPS) is 13.9. The maximum absolute atomic E-state index is 13.3. The van der Waals surface area contributed by atoms with E-state index >= 15 is 0 Å². The van der Waals surface area contributed by atoms with E-state index in [0.717, 1.165) is 0 Å². The lowest BCUT2D eigenvalue weighted by atomic mass is 10.3. The number of urea groups is 1. The zero-order valence-corrected chi connectivity index (χ0v) is 17.0. The second-order valence-corrected chi connectivity index (χ2v) is 7.36. The molecule has 0 radical (unpaired) electrons. The molecule has 1 aliphatic heterocycles. The van der Waals surface area contributed by atoms with Gasteiger partial charge in [0.1, 0.15) is 17.5 Å². The van der Waals surface area contributed by atoms with Crippen molar-refractivity contribution in [2.45, 2.75) is 0 Å². The van der Waals surface area contributed by atoms with Crippen LogP contribution in [0.15, 0.2) is 59.4 Å². The first-order chi connectivity index (χ1) is 14.9. The number of piperazine rings is 1. The Kier molecular flexibility index (Phi) is 5.85. The number of halogens is 3. The van der Waals surface area contributed by atoms with Gasteiger partial charge < -0.3 is 15.1 Å². The molecule has 1 aromatic heterocycles. The molecule has 0 bridgehead atoms. The maximum atomic E-state index is 13.3. The highest BCUT2D eigenvalue weighted by atomic mass is 35.5. The van der Waals surface area contributed by atoms with Crippen LogP contribution in [0.2, 0.25) is 5.02 Å². The minimum Gasteiger partial charge on any atom is -0.352 e. The first kappa shape index (κ1) is 20.8. The van der Waals surface area contributed by atoms with Gasteiger partial charge >= 0.3 is 6.03 Å². The van der Waals surface area contributed by atoms with Gasteiger partial charge in [-0.1, -0.05) is 11.6 Å². The van der Waals surface area contributed by atoms with Gasteiger partial charge in [0, 0.05) is 37.9 Å². The number of amides is 2. The average molecular weight is 446 g/mol. The summed E-state index contributed by atoms with van der Waals surface area (Å²) >= 11 is 5.75. The van der Waals surface area contributed by atoms with Gasteiger partial charge in [-0.15, -0.1) is 5.10 Å². The van der Waals surface area contributed by atoms with E-state index in [0.29, 0.717) is 43.4 Å². The van der Waals surface area contributed by atoms with E-state index < -0.39 is 11.6 Å². The van der Waals surface area contributed by atoms with Gasteiger partial charge in [0.25, 0.3) is 5.56 Å². The van der Waals surface area contributed by atoms with Crippen molar-refractivity contribution in [2.24, 2.45) is 0 Å². The van der Waals surface area contributed by atoms with Crippen molar-refractivity contribution in [3.63, 3.8) is 0 Å². The Morgan fingerprint density at radius 3 is 2.35 bits per heavy atom. The number of nitrogens with one attached hydrogen (secondary N) is 1. The van der Waals surface area contributed by atoms with Crippen LogP contribution in [0.1, 0.15) is 0 Å². The largest absolute Gasteiger partial charge is 0.352 e. The van der Waals surface area contributed by atoms with Crippen LogP contribution in [0, 0.1) is 11.6 Å².